The molecule has 1 aliphatic carbocycles. The Balaban J connectivity index is 2.05. The number of ether oxygens (including phenoxy) is 1. The van der Waals surface area contributed by atoms with Gasteiger partial charge >= 0.3 is 5.97 Å². The highest BCUT2D eigenvalue weighted by molar-refractivity contribution is 5.96. The fraction of sp³-hybridized carbons (Fsp3) is 0.588. The van der Waals surface area contributed by atoms with Crippen LogP contribution in [-0.4, -0.2) is 18.6 Å². The summed E-state index contributed by atoms with van der Waals surface area (Å²) in [7, 11) is 0. The molecule has 3 N–H and O–H groups in total. The van der Waals surface area contributed by atoms with Crippen LogP contribution in [0.15, 0.2) is 18.2 Å². The lowest BCUT2D eigenvalue weighted by molar-refractivity contribution is 0.0527. The fourth-order valence-corrected chi connectivity index (χ4v) is 2.87. The lowest BCUT2D eigenvalue weighted by Gasteiger charge is -2.22. The van der Waals surface area contributed by atoms with E-state index in [1.165, 1.54) is 44.9 Å². The molecule has 1 fully saturated rings. The van der Waals surface area contributed by atoms with Gasteiger partial charge in [0.25, 0.3) is 0 Å². The summed E-state index contributed by atoms with van der Waals surface area (Å²) in [4.78, 5) is 11.9. The Labute approximate surface area is 127 Å². The third-order valence-electron chi connectivity index (χ3n) is 4.02. The summed E-state index contributed by atoms with van der Waals surface area (Å²) in [6.45, 7) is 2.16. The van der Waals surface area contributed by atoms with Gasteiger partial charge in [0.15, 0.2) is 0 Å². The summed E-state index contributed by atoms with van der Waals surface area (Å²) in [5, 5.41) is 3.55. The minimum absolute atomic E-state index is 0.351. The molecule has 1 saturated carbocycles. The monoisotopic (exact) mass is 290 g/mol. The molecule has 0 bridgehead atoms. The maximum absolute atomic E-state index is 11.9. The van der Waals surface area contributed by atoms with E-state index < -0.39 is 0 Å². The topological polar surface area (TPSA) is 64.3 Å². The van der Waals surface area contributed by atoms with E-state index in [-0.39, 0.29) is 5.97 Å². The highest BCUT2D eigenvalue weighted by atomic mass is 16.5. The lowest BCUT2D eigenvalue weighted by atomic mass is 9.96. The van der Waals surface area contributed by atoms with E-state index >= 15 is 0 Å². The van der Waals surface area contributed by atoms with Crippen LogP contribution in [0.4, 0.5) is 11.4 Å². The second-order valence-corrected chi connectivity index (χ2v) is 5.71. The highest BCUT2D eigenvalue weighted by Crippen LogP contribution is 2.23. The van der Waals surface area contributed by atoms with Crippen LogP contribution >= 0.6 is 0 Å². The number of nitrogens with two attached hydrogens (primary N) is 1. The average molecular weight is 290 g/mol. The van der Waals surface area contributed by atoms with Gasteiger partial charge < -0.3 is 15.8 Å². The molecule has 0 aliphatic heterocycles. The number of hydrogen-bond acceptors (Lipinski definition) is 4. The smallest absolute Gasteiger partial charge is 0.340 e. The van der Waals surface area contributed by atoms with E-state index in [1.807, 2.05) is 12.1 Å². The Kier molecular flexibility index (Phi) is 5.90. The van der Waals surface area contributed by atoms with E-state index in [9.17, 15) is 4.79 Å². The lowest BCUT2D eigenvalue weighted by Crippen LogP contribution is -2.21. The van der Waals surface area contributed by atoms with Gasteiger partial charge in [0, 0.05) is 17.4 Å². The molecule has 21 heavy (non-hydrogen) atoms. The molecule has 0 radical (unpaired) electrons. The van der Waals surface area contributed by atoms with Crippen molar-refractivity contribution in [1.82, 2.24) is 0 Å². The molecular formula is C17H26N2O2. The summed E-state index contributed by atoms with van der Waals surface area (Å²) in [5.41, 5.74) is 7.75. The number of anilines is 2. The van der Waals surface area contributed by atoms with Gasteiger partial charge in [-0.15, -0.1) is 0 Å². The van der Waals surface area contributed by atoms with Gasteiger partial charge in [-0.25, -0.2) is 4.79 Å². The Morgan fingerprint density at radius 2 is 1.90 bits per heavy atom. The molecule has 0 aromatic heterocycles. The molecule has 0 amide bonds. The van der Waals surface area contributed by atoms with Crippen molar-refractivity contribution in [2.75, 3.05) is 17.7 Å². The van der Waals surface area contributed by atoms with Crippen LogP contribution in [0, 0.1) is 0 Å². The van der Waals surface area contributed by atoms with Crippen molar-refractivity contribution in [3.8, 4) is 0 Å². The van der Waals surface area contributed by atoms with Crippen LogP contribution in [0.2, 0.25) is 0 Å². The zero-order valence-corrected chi connectivity index (χ0v) is 12.9. The number of esters is 1. The van der Waals surface area contributed by atoms with Crippen molar-refractivity contribution in [3.63, 3.8) is 0 Å². The summed E-state index contributed by atoms with van der Waals surface area (Å²) >= 11 is 0. The maximum atomic E-state index is 11.9. The van der Waals surface area contributed by atoms with Crippen LogP contribution in [-0.2, 0) is 4.74 Å². The molecule has 1 aliphatic rings. The summed E-state index contributed by atoms with van der Waals surface area (Å²) in [6, 6.07) is 6.02. The Bertz CT molecular complexity index is 466. The SMILES string of the molecule is CCOC(=O)c1cc(NC2CCCCCCC2)ccc1N. The standard InChI is InChI=1S/C17H26N2O2/c1-2-21-17(20)15-12-14(10-11-16(15)18)19-13-8-6-4-3-5-7-9-13/h10-13,19H,2-9,18H2,1H3. The van der Waals surface area contributed by atoms with Crippen molar-refractivity contribution in [1.29, 1.82) is 0 Å². The number of rotatable bonds is 4. The van der Waals surface area contributed by atoms with Crippen molar-refractivity contribution >= 4 is 17.3 Å². The predicted octanol–water partition coefficient (Wildman–Crippen LogP) is 3.97. The molecule has 0 heterocycles. The minimum Gasteiger partial charge on any atom is -0.462 e. The second kappa shape index (κ2) is 7.91. The van der Waals surface area contributed by atoms with Crippen molar-refractivity contribution in [3.05, 3.63) is 23.8 Å². The summed E-state index contributed by atoms with van der Waals surface area (Å²) in [6.07, 6.45) is 8.95. The first-order valence-electron chi connectivity index (χ1n) is 8.04. The number of carbonyl (C=O) groups is 1. The van der Waals surface area contributed by atoms with E-state index in [1.54, 1.807) is 13.0 Å². The van der Waals surface area contributed by atoms with Crippen LogP contribution in [0.5, 0.6) is 0 Å². The average Bonchev–Trinajstić information content (AvgIpc) is 2.43. The molecule has 0 saturated heterocycles. The minimum atomic E-state index is -0.351. The summed E-state index contributed by atoms with van der Waals surface area (Å²) in [5.74, 6) is -0.351. The molecule has 2 rings (SSSR count). The third-order valence-corrected chi connectivity index (χ3v) is 4.02. The molecule has 0 atom stereocenters. The van der Waals surface area contributed by atoms with Gasteiger partial charge in [-0.3, -0.25) is 0 Å². The van der Waals surface area contributed by atoms with Gasteiger partial charge in [-0.05, 0) is 38.0 Å². The fourth-order valence-electron chi connectivity index (χ4n) is 2.87. The molecule has 0 unspecified atom stereocenters. The van der Waals surface area contributed by atoms with Crippen LogP contribution < -0.4 is 11.1 Å². The van der Waals surface area contributed by atoms with Crippen LogP contribution in [0.25, 0.3) is 0 Å². The summed E-state index contributed by atoms with van der Waals surface area (Å²) < 4.78 is 5.04. The Morgan fingerprint density at radius 3 is 2.57 bits per heavy atom. The van der Waals surface area contributed by atoms with E-state index in [2.05, 4.69) is 5.32 Å². The first kappa shape index (κ1) is 15.7. The number of hydrogen-bond donors (Lipinski definition) is 2. The maximum Gasteiger partial charge on any atom is 0.340 e. The Morgan fingerprint density at radius 1 is 1.24 bits per heavy atom. The molecule has 0 spiro atoms. The van der Waals surface area contributed by atoms with Crippen molar-refractivity contribution < 1.29 is 9.53 Å². The molecule has 4 nitrogen and oxygen atoms in total. The zero-order chi connectivity index (χ0) is 15.1. The normalized spacial score (nSPS) is 16.8. The highest BCUT2D eigenvalue weighted by Gasteiger charge is 2.14. The molecular weight excluding hydrogens is 264 g/mol. The first-order chi connectivity index (χ1) is 10.2. The van der Waals surface area contributed by atoms with Gasteiger partial charge in [0.2, 0.25) is 0 Å². The van der Waals surface area contributed by atoms with Crippen LogP contribution in [0.1, 0.15) is 62.2 Å². The number of carbonyl (C=O) groups excluding carboxylic acids is 1. The number of nitrogen functional groups attached to an aromatic ring is 1. The van der Waals surface area contributed by atoms with E-state index in [0.29, 0.717) is 23.9 Å². The van der Waals surface area contributed by atoms with Gasteiger partial charge in [0.1, 0.15) is 0 Å². The van der Waals surface area contributed by atoms with Crippen molar-refractivity contribution in [2.45, 2.75) is 57.9 Å². The largest absolute Gasteiger partial charge is 0.462 e. The number of nitrogens with one attached hydrogen (secondary N) is 1. The van der Waals surface area contributed by atoms with Gasteiger partial charge in [-0.1, -0.05) is 32.1 Å². The molecule has 116 valence electrons. The first-order valence-corrected chi connectivity index (χ1v) is 8.04. The Hall–Kier alpha value is -1.71. The van der Waals surface area contributed by atoms with Gasteiger partial charge in [0.05, 0.1) is 12.2 Å². The third kappa shape index (κ3) is 4.66. The predicted molar refractivity (Wildman–Crippen MR) is 86.5 cm³/mol. The quantitative estimate of drug-likeness (QED) is 0.650. The second-order valence-electron chi connectivity index (χ2n) is 5.71. The van der Waals surface area contributed by atoms with E-state index in [4.69, 9.17) is 10.5 Å². The zero-order valence-electron chi connectivity index (χ0n) is 12.9. The number of benzene rings is 1. The molecule has 1 aromatic carbocycles. The van der Waals surface area contributed by atoms with E-state index in [0.717, 1.165) is 5.69 Å². The van der Waals surface area contributed by atoms with Crippen LogP contribution in [0.3, 0.4) is 0 Å². The van der Waals surface area contributed by atoms with Crippen molar-refractivity contribution in [2.24, 2.45) is 0 Å². The van der Waals surface area contributed by atoms with Gasteiger partial charge in [-0.2, -0.15) is 0 Å². The molecule has 4 heteroatoms. The molecule has 1 aromatic rings.